The average Bonchev–Trinajstić information content (AvgIpc) is 3.49. The van der Waals surface area contributed by atoms with Crippen LogP contribution < -0.4 is 0 Å². The Morgan fingerprint density at radius 3 is 2.07 bits per heavy atom. The van der Waals surface area contributed by atoms with E-state index in [4.69, 9.17) is 49.6 Å². The second-order valence-electron chi connectivity index (χ2n) is 6.66. The van der Waals surface area contributed by atoms with Crippen molar-refractivity contribution in [2.75, 3.05) is 52.9 Å². The number of alkyl halides is 1. The van der Waals surface area contributed by atoms with Crippen LogP contribution in [0.3, 0.4) is 0 Å². The highest BCUT2D eigenvalue weighted by Crippen LogP contribution is 2.32. The van der Waals surface area contributed by atoms with E-state index in [0.29, 0.717) is 39.6 Å². The topological polar surface area (TPSA) is 115 Å². The van der Waals surface area contributed by atoms with E-state index in [9.17, 15) is 0 Å². The van der Waals surface area contributed by atoms with Gasteiger partial charge in [0.2, 0.25) is 0 Å². The van der Waals surface area contributed by atoms with Gasteiger partial charge in [0.05, 0.1) is 33.0 Å². The number of nitrogens with zero attached hydrogens (tertiary/aromatic N) is 3. The van der Waals surface area contributed by atoms with Gasteiger partial charge in [-0.25, -0.2) is 0 Å². The summed E-state index contributed by atoms with van der Waals surface area (Å²) >= 11 is 6.66. The Kier molecular flexibility index (Phi) is 4.84. The zero-order valence-corrected chi connectivity index (χ0v) is 15.2. The molecule has 150 valence electrons. The monoisotopic (exact) mass is 405 g/mol. The lowest BCUT2D eigenvalue weighted by molar-refractivity contribution is -0.239. The first-order chi connectivity index (χ1) is 13.2. The Labute approximate surface area is 160 Å². The SMILES string of the molecule is ClC1(OCC2CO2)N=C(OCC2CO2)N=C(OCC2CO2)N1OCC1CO1. The molecular weight excluding hydrogens is 386 g/mol. The minimum absolute atomic E-state index is 0.000612. The van der Waals surface area contributed by atoms with Crippen LogP contribution in [0.5, 0.6) is 0 Å². The predicted octanol–water partition coefficient (Wildman–Crippen LogP) is -0.559. The predicted molar refractivity (Wildman–Crippen MR) is 88.1 cm³/mol. The van der Waals surface area contributed by atoms with Gasteiger partial charge in [-0.1, -0.05) is 0 Å². The Balaban J connectivity index is 1.32. The van der Waals surface area contributed by atoms with Gasteiger partial charge in [0.1, 0.15) is 44.2 Å². The van der Waals surface area contributed by atoms with Crippen molar-refractivity contribution < 1.29 is 38.0 Å². The van der Waals surface area contributed by atoms with Crippen LogP contribution >= 0.6 is 11.6 Å². The fraction of sp³-hybridized carbons (Fsp3) is 0.867. The van der Waals surface area contributed by atoms with Crippen molar-refractivity contribution in [1.82, 2.24) is 5.06 Å². The third-order valence-electron chi connectivity index (χ3n) is 4.10. The first-order valence-electron chi connectivity index (χ1n) is 8.84. The van der Waals surface area contributed by atoms with Crippen molar-refractivity contribution in [3.8, 4) is 0 Å². The Hall–Kier alpha value is -1.21. The van der Waals surface area contributed by atoms with Crippen molar-refractivity contribution in [1.29, 1.82) is 0 Å². The number of epoxide rings is 4. The molecule has 5 atom stereocenters. The Morgan fingerprint density at radius 1 is 0.889 bits per heavy atom. The van der Waals surface area contributed by atoms with Gasteiger partial charge in [0.15, 0.2) is 0 Å². The molecule has 0 radical (unpaired) electrons. The number of hydrogen-bond donors (Lipinski definition) is 0. The van der Waals surface area contributed by atoms with Gasteiger partial charge in [-0.15, -0.1) is 10.1 Å². The Bertz CT molecular complexity index is 620. The van der Waals surface area contributed by atoms with Gasteiger partial charge in [-0.2, -0.15) is 4.99 Å². The Morgan fingerprint density at radius 2 is 1.44 bits per heavy atom. The number of hydrogen-bond acceptors (Lipinski definition) is 11. The molecule has 5 rings (SSSR count). The van der Waals surface area contributed by atoms with Crippen LogP contribution in [0.25, 0.3) is 0 Å². The minimum atomic E-state index is -1.73. The molecule has 0 bridgehead atoms. The van der Waals surface area contributed by atoms with Gasteiger partial charge in [0, 0.05) is 0 Å². The normalized spacial score (nSPS) is 38.8. The first kappa shape index (κ1) is 17.9. The molecule has 5 unspecified atom stereocenters. The molecule has 11 nitrogen and oxygen atoms in total. The summed E-state index contributed by atoms with van der Waals surface area (Å²) in [7, 11) is 0. The van der Waals surface area contributed by atoms with E-state index < -0.39 is 5.31 Å². The molecule has 12 heteroatoms. The minimum Gasteiger partial charge on any atom is -0.461 e. The molecule has 0 saturated carbocycles. The molecule has 0 spiro atoms. The zero-order chi connectivity index (χ0) is 18.3. The average molecular weight is 406 g/mol. The molecule has 0 aromatic carbocycles. The molecule has 5 aliphatic heterocycles. The molecule has 4 saturated heterocycles. The van der Waals surface area contributed by atoms with Gasteiger partial charge in [0.25, 0.3) is 0 Å². The van der Waals surface area contributed by atoms with E-state index in [1.165, 1.54) is 5.06 Å². The lowest BCUT2D eigenvalue weighted by Gasteiger charge is -2.36. The molecular formula is C15H20ClN3O8. The summed E-state index contributed by atoms with van der Waals surface area (Å²) in [5.74, 6) is 0. The van der Waals surface area contributed by atoms with Gasteiger partial charge >= 0.3 is 17.4 Å². The zero-order valence-electron chi connectivity index (χ0n) is 14.5. The first-order valence-corrected chi connectivity index (χ1v) is 9.22. The molecule has 5 heterocycles. The molecule has 0 aliphatic carbocycles. The summed E-state index contributed by atoms with van der Waals surface area (Å²) in [6.07, 6.45) is 0.0463. The standard InChI is InChI=1S/C15H20ClN3O8/c16-15(26-7-11-3-22-11)18-13(24-5-9-1-20-9)17-14(25-6-10-2-21-10)19(15)27-8-12-4-23-12/h9-12H,1-8H2. The van der Waals surface area contributed by atoms with Crippen LogP contribution in [0.1, 0.15) is 0 Å². The van der Waals surface area contributed by atoms with E-state index in [1.807, 2.05) is 0 Å². The summed E-state index contributed by atoms with van der Waals surface area (Å²) in [6, 6.07) is 0.117. The molecule has 5 aliphatic rings. The largest absolute Gasteiger partial charge is 0.461 e. The molecule has 0 N–H and O–H groups in total. The third kappa shape index (κ3) is 4.99. The van der Waals surface area contributed by atoms with E-state index in [0.717, 1.165) is 0 Å². The van der Waals surface area contributed by atoms with Crippen molar-refractivity contribution >= 4 is 23.6 Å². The maximum absolute atomic E-state index is 6.66. The van der Waals surface area contributed by atoms with Crippen molar-refractivity contribution in [2.24, 2.45) is 9.98 Å². The van der Waals surface area contributed by atoms with Crippen molar-refractivity contribution in [3.05, 3.63) is 0 Å². The smallest absolute Gasteiger partial charge is 0.354 e. The lowest BCUT2D eigenvalue weighted by atomic mass is 10.5. The number of hydroxylamine groups is 2. The highest BCUT2D eigenvalue weighted by atomic mass is 35.5. The van der Waals surface area contributed by atoms with Crippen LogP contribution in [0.4, 0.5) is 0 Å². The van der Waals surface area contributed by atoms with Crippen molar-refractivity contribution in [3.63, 3.8) is 0 Å². The van der Waals surface area contributed by atoms with Gasteiger partial charge in [-0.3, -0.25) is 4.84 Å². The number of ether oxygens (including phenoxy) is 7. The highest BCUT2D eigenvalue weighted by Gasteiger charge is 2.48. The van der Waals surface area contributed by atoms with Gasteiger partial charge < -0.3 is 33.2 Å². The van der Waals surface area contributed by atoms with E-state index in [1.54, 1.807) is 0 Å². The summed E-state index contributed by atoms with van der Waals surface area (Å²) in [5.41, 5.74) is 0. The second kappa shape index (κ2) is 7.32. The van der Waals surface area contributed by atoms with E-state index in [-0.39, 0.29) is 49.7 Å². The maximum atomic E-state index is 6.66. The molecule has 0 aromatic heterocycles. The number of aliphatic imine (C=N–C) groups is 2. The molecule has 0 amide bonds. The van der Waals surface area contributed by atoms with Gasteiger partial charge in [-0.05, 0) is 11.6 Å². The summed E-state index contributed by atoms with van der Waals surface area (Å²) < 4.78 is 37.8. The van der Waals surface area contributed by atoms with Crippen LogP contribution in [0.2, 0.25) is 0 Å². The number of halogens is 1. The summed E-state index contributed by atoms with van der Waals surface area (Å²) in [5, 5.41) is -0.538. The number of rotatable bonds is 10. The fourth-order valence-corrected chi connectivity index (χ4v) is 2.42. The maximum Gasteiger partial charge on any atom is 0.354 e. The summed E-state index contributed by atoms with van der Waals surface area (Å²) in [4.78, 5) is 14.3. The van der Waals surface area contributed by atoms with Crippen LogP contribution in [-0.2, 0) is 38.0 Å². The second-order valence-corrected chi connectivity index (χ2v) is 7.15. The van der Waals surface area contributed by atoms with E-state index >= 15 is 0 Å². The molecule has 4 fully saturated rings. The molecule has 27 heavy (non-hydrogen) atoms. The number of amidine groups is 2. The van der Waals surface area contributed by atoms with Crippen LogP contribution in [0.15, 0.2) is 9.98 Å². The summed E-state index contributed by atoms with van der Waals surface area (Å²) in [6.45, 7) is 3.66. The van der Waals surface area contributed by atoms with Crippen LogP contribution in [-0.4, -0.2) is 99.7 Å². The quantitative estimate of drug-likeness (QED) is 0.268. The lowest BCUT2D eigenvalue weighted by Crippen LogP contribution is -2.53. The van der Waals surface area contributed by atoms with E-state index in [2.05, 4.69) is 9.98 Å². The van der Waals surface area contributed by atoms with Crippen molar-refractivity contribution in [2.45, 2.75) is 29.7 Å². The highest BCUT2D eigenvalue weighted by molar-refractivity contribution is 6.24. The third-order valence-corrected chi connectivity index (χ3v) is 4.44. The van der Waals surface area contributed by atoms with Crippen LogP contribution in [0, 0.1) is 0 Å². The fourth-order valence-electron chi connectivity index (χ4n) is 2.16. The molecule has 0 aromatic rings.